The third kappa shape index (κ3) is 2.58. The second-order valence-electron chi connectivity index (χ2n) is 3.99. The Hall–Kier alpha value is -2.35. The van der Waals surface area contributed by atoms with Gasteiger partial charge in [0.05, 0.1) is 22.5 Å². The summed E-state index contributed by atoms with van der Waals surface area (Å²) >= 11 is 0. The average molecular weight is 262 g/mol. The summed E-state index contributed by atoms with van der Waals surface area (Å²) in [7, 11) is 0. The van der Waals surface area contributed by atoms with Crippen LogP contribution in [0.25, 0.3) is 11.3 Å². The van der Waals surface area contributed by atoms with Crippen molar-refractivity contribution in [1.82, 2.24) is 4.98 Å². The van der Waals surface area contributed by atoms with Crippen molar-refractivity contribution in [3.8, 4) is 17.3 Å². The third-order valence-electron chi connectivity index (χ3n) is 2.69. The Balaban J connectivity index is 2.69. The molecule has 0 amide bonds. The van der Waals surface area contributed by atoms with Crippen LogP contribution in [0.3, 0.4) is 0 Å². The first-order chi connectivity index (χ1) is 8.93. The van der Waals surface area contributed by atoms with Gasteiger partial charge in [-0.2, -0.15) is 18.4 Å². The van der Waals surface area contributed by atoms with E-state index in [0.717, 1.165) is 6.07 Å². The summed E-state index contributed by atoms with van der Waals surface area (Å²) in [5.41, 5.74) is -0.491. The maximum atomic E-state index is 12.9. The zero-order valence-corrected chi connectivity index (χ0v) is 9.99. The molecule has 0 atom stereocenters. The minimum atomic E-state index is -4.57. The second-order valence-corrected chi connectivity index (χ2v) is 3.99. The molecule has 0 saturated carbocycles. The Morgan fingerprint density at radius 3 is 2.32 bits per heavy atom. The van der Waals surface area contributed by atoms with Gasteiger partial charge in [0.25, 0.3) is 0 Å². The van der Waals surface area contributed by atoms with Crippen LogP contribution < -0.4 is 0 Å². The Kier molecular flexibility index (Phi) is 3.26. The predicted molar refractivity (Wildman–Crippen MR) is 64.1 cm³/mol. The van der Waals surface area contributed by atoms with E-state index in [4.69, 9.17) is 5.26 Å². The van der Waals surface area contributed by atoms with Gasteiger partial charge in [0.2, 0.25) is 0 Å². The number of alkyl halides is 3. The summed E-state index contributed by atoms with van der Waals surface area (Å²) in [5, 5.41) is 8.83. The molecular weight excluding hydrogens is 253 g/mol. The van der Waals surface area contributed by atoms with Crippen LogP contribution in [-0.2, 0) is 6.18 Å². The van der Waals surface area contributed by atoms with E-state index >= 15 is 0 Å². The Morgan fingerprint density at radius 2 is 1.79 bits per heavy atom. The quantitative estimate of drug-likeness (QED) is 0.780. The molecule has 19 heavy (non-hydrogen) atoms. The van der Waals surface area contributed by atoms with E-state index in [0.29, 0.717) is 5.56 Å². The lowest BCUT2D eigenvalue weighted by Crippen LogP contribution is -2.10. The molecule has 1 heterocycles. The number of pyridine rings is 1. The van der Waals surface area contributed by atoms with Crippen LogP contribution in [0.1, 0.15) is 16.8 Å². The zero-order valence-electron chi connectivity index (χ0n) is 9.99. The smallest absolute Gasteiger partial charge is 0.252 e. The maximum absolute atomic E-state index is 12.9. The first-order valence-electron chi connectivity index (χ1n) is 5.48. The minimum absolute atomic E-state index is 0.0798. The summed E-state index contributed by atoms with van der Waals surface area (Å²) in [6.07, 6.45) is -4.57. The molecule has 0 aliphatic rings. The summed E-state index contributed by atoms with van der Waals surface area (Å²) in [6, 6.07) is 11.0. The van der Waals surface area contributed by atoms with Gasteiger partial charge < -0.3 is 0 Å². The van der Waals surface area contributed by atoms with Crippen molar-refractivity contribution in [1.29, 1.82) is 5.26 Å². The number of hydrogen-bond donors (Lipinski definition) is 0. The molecule has 2 rings (SSSR count). The van der Waals surface area contributed by atoms with Gasteiger partial charge in [0.1, 0.15) is 6.07 Å². The topological polar surface area (TPSA) is 36.7 Å². The Bertz CT molecular complexity index is 640. The van der Waals surface area contributed by atoms with Crippen LogP contribution in [0.15, 0.2) is 36.4 Å². The molecule has 2 aromatic rings. The molecule has 1 aromatic heterocycles. The van der Waals surface area contributed by atoms with E-state index in [1.807, 2.05) is 0 Å². The molecule has 0 spiro atoms. The highest BCUT2D eigenvalue weighted by Gasteiger charge is 2.35. The molecule has 0 aliphatic carbocycles. The zero-order chi connectivity index (χ0) is 14.0. The molecule has 5 heteroatoms. The Labute approximate surface area is 108 Å². The highest BCUT2D eigenvalue weighted by Crippen LogP contribution is 2.35. The molecule has 0 bridgehead atoms. The van der Waals surface area contributed by atoms with Crippen LogP contribution in [0.5, 0.6) is 0 Å². The van der Waals surface area contributed by atoms with Crippen LogP contribution in [-0.4, -0.2) is 4.98 Å². The van der Waals surface area contributed by atoms with Crippen molar-refractivity contribution >= 4 is 0 Å². The number of rotatable bonds is 1. The van der Waals surface area contributed by atoms with Gasteiger partial charge in [0, 0.05) is 5.56 Å². The number of nitrogens with zero attached hydrogens (tertiary/aromatic N) is 2. The molecule has 0 unspecified atom stereocenters. The monoisotopic (exact) mass is 262 g/mol. The van der Waals surface area contributed by atoms with E-state index in [1.165, 1.54) is 6.92 Å². The number of aryl methyl sites for hydroxylation is 1. The SMILES string of the molecule is Cc1nc(-c2ccccc2)cc(C(F)(F)F)c1C#N. The minimum Gasteiger partial charge on any atom is -0.252 e. The first kappa shape index (κ1) is 13.1. The summed E-state index contributed by atoms with van der Waals surface area (Å²) in [6.45, 7) is 1.40. The molecule has 0 N–H and O–H groups in total. The lowest BCUT2D eigenvalue weighted by Gasteiger charge is -2.12. The highest BCUT2D eigenvalue weighted by molar-refractivity contribution is 5.62. The van der Waals surface area contributed by atoms with Gasteiger partial charge >= 0.3 is 6.18 Å². The second kappa shape index (κ2) is 4.73. The van der Waals surface area contributed by atoms with Crippen LogP contribution >= 0.6 is 0 Å². The molecule has 0 saturated heterocycles. The van der Waals surface area contributed by atoms with Gasteiger partial charge in [0.15, 0.2) is 0 Å². The number of nitriles is 1. The van der Waals surface area contributed by atoms with Gasteiger partial charge in [-0.05, 0) is 13.0 Å². The number of halogens is 3. The fourth-order valence-corrected chi connectivity index (χ4v) is 1.79. The lowest BCUT2D eigenvalue weighted by molar-refractivity contribution is -0.137. The molecule has 0 radical (unpaired) electrons. The molecular formula is C14H9F3N2. The fraction of sp³-hybridized carbons (Fsp3) is 0.143. The number of benzene rings is 1. The van der Waals surface area contributed by atoms with Crippen molar-refractivity contribution in [3.63, 3.8) is 0 Å². The molecule has 0 aliphatic heterocycles. The summed E-state index contributed by atoms with van der Waals surface area (Å²) in [5.74, 6) is 0. The van der Waals surface area contributed by atoms with E-state index in [9.17, 15) is 13.2 Å². The van der Waals surface area contributed by atoms with Gasteiger partial charge in [-0.25, -0.2) is 0 Å². The van der Waals surface area contributed by atoms with E-state index < -0.39 is 17.3 Å². The van der Waals surface area contributed by atoms with Gasteiger partial charge in [-0.3, -0.25) is 4.98 Å². The largest absolute Gasteiger partial charge is 0.417 e. The van der Waals surface area contributed by atoms with E-state index in [1.54, 1.807) is 36.4 Å². The Morgan fingerprint density at radius 1 is 1.16 bits per heavy atom. The van der Waals surface area contributed by atoms with Crippen LogP contribution in [0.2, 0.25) is 0 Å². The predicted octanol–water partition coefficient (Wildman–Crippen LogP) is 3.95. The van der Waals surface area contributed by atoms with Crippen molar-refractivity contribution in [2.45, 2.75) is 13.1 Å². The number of hydrogen-bond acceptors (Lipinski definition) is 2. The van der Waals surface area contributed by atoms with Crippen LogP contribution in [0, 0.1) is 18.3 Å². The van der Waals surface area contributed by atoms with Crippen molar-refractivity contribution in [3.05, 3.63) is 53.2 Å². The molecule has 1 aromatic carbocycles. The van der Waals surface area contributed by atoms with Crippen molar-refractivity contribution < 1.29 is 13.2 Å². The molecule has 96 valence electrons. The molecule has 2 nitrogen and oxygen atoms in total. The lowest BCUT2D eigenvalue weighted by atomic mass is 10.0. The van der Waals surface area contributed by atoms with Gasteiger partial charge in [-0.15, -0.1) is 0 Å². The van der Waals surface area contributed by atoms with Gasteiger partial charge in [-0.1, -0.05) is 30.3 Å². The van der Waals surface area contributed by atoms with Crippen LogP contribution in [0.4, 0.5) is 13.2 Å². The highest BCUT2D eigenvalue weighted by atomic mass is 19.4. The van der Waals surface area contributed by atoms with E-state index in [2.05, 4.69) is 4.98 Å². The van der Waals surface area contributed by atoms with E-state index in [-0.39, 0.29) is 11.4 Å². The fourth-order valence-electron chi connectivity index (χ4n) is 1.79. The normalized spacial score (nSPS) is 11.1. The first-order valence-corrected chi connectivity index (χ1v) is 5.48. The maximum Gasteiger partial charge on any atom is 0.417 e. The summed E-state index contributed by atoms with van der Waals surface area (Å²) < 4.78 is 38.8. The summed E-state index contributed by atoms with van der Waals surface area (Å²) in [4.78, 5) is 4.07. The van der Waals surface area contributed by atoms with Crippen molar-refractivity contribution in [2.24, 2.45) is 0 Å². The number of aromatic nitrogens is 1. The standard InChI is InChI=1S/C14H9F3N2/c1-9-11(8-18)12(14(15,16)17)7-13(19-9)10-5-3-2-4-6-10/h2-7H,1H3. The molecule has 0 fully saturated rings. The third-order valence-corrected chi connectivity index (χ3v) is 2.69. The van der Waals surface area contributed by atoms with Crippen molar-refractivity contribution in [2.75, 3.05) is 0 Å². The average Bonchev–Trinajstić information content (AvgIpc) is 2.37.